The summed E-state index contributed by atoms with van der Waals surface area (Å²) < 4.78 is 1.71. The van der Waals surface area contributed by atoms with Crippen LogP contribution in [0, 0.1) is 5.92 Å². The van der Waals surface area contributed by atoms with Crippen LogP contribution >= 0.6 is 0 Å². The van der Waals surface area contributed by atoms with Crippen molar-refractivity contribution in [1.82, 2.24) is 4.57 Å². The van der Waals surface area contributed by atoms with Crippen LogP contribution in [0.1, 0.15) is 19.8 Å². The topological polar surface area (TPSA) is 51.3 Å². The van der Waals surface area contributed by atoms with Crippen molar-refractivity contribution in [3.05, 3.63) is 40.7 Å². The van der Waals surface area contributed by atoms with E-state index in [2.05, 4.69) is 17.9 Å². The predicted octanol–water partition coefficient (Wildman–Crippen LogP) is 2.10. The lowest BCUT2D eigenvalue weighted by Gasteiger charge is -2.38. The Morgan fingerprint density at radius 1 is 1.33 bits per heavy atom. The number of aryl methyl sites for hydroxylation is 1. The summed E-state index contributed by atoms with van der Waals surface area (Å²) in [7, 11) is 1.83. The average Bonchev–Trinajstić information content (AvgIpc) is 2.51. The third-order valence-electron chi connectivity index (χ3n) is 4.79. The molecule has 2 atom stereocenters. The number of fused-ring (bicyclic) bond motifs is 1. The molecule has 1 aliphatic rings. The van der Waals surface area contributed by atoms with Crippen molar-refractivity contribution in [1.29, 1.82) is 0 Å². The van der Waals surface area contributed by atoms with Crippen LogP contribution in [-0.4, -0.2) is 23.7 Å². The Morgan fingerprint density at radius 2 is 2.10 bits per heavy atom. The summed E-state index contributed by atoms with van der Waals surface area (Å²) in [4.78, 5) is 14.6. The SMILES string of the molecule is CCC1CN(c2cc(=O)n(C)c3ccccc23)CCC1N. The minimum atomic E-state index is 0.0478. The van der Waals surface area contributed by atoms with Gasteiger partial charge >= 0.3 is 0 Å². The number of rotatable bonds is 2. The largest absolute Gasteiger partial charge is 0.370 e. The molecule has 0 spiro atoms. The zero-order chi connectivity index (χ0) is 15.0. The van der Waals surface area contributed by atoms with Gasteiger partial charge in [-0.05, 0) is 18.4 Å². The zero-order valence-electron chi connectivity index (χ0n) is 12.7. The number of nitrogens with two attached hydrogens (primary N) is 1. The van der Waals surface area contributed by atoms with Crippen LogP contribution in [0.3, 0.4) is 0 Å². The first kappa shape index (κ1) is 14.1. The third-order valence-corrected chi connectivity index (χ3v) is 4.79. The van der Waals surface area contributed by atoms with Gasteiger partial charge in [0, 0.05) is 37.6 Å². The van der Waals surface area contributed by atoms with Gasteiger partial charge in [0.05, 0.1) is 11.2 Å². The highest BCUT2D eigenvalue weighted by Gasteiger charge is 2.26. The molecule has 0 bridgehead atoms. The van der Waals surface area contributed by atoms with E-state index in [4.69, 9.17) is 5.73 Å². The Hall–Kier alpha value is -1.81. The molecule has 4 nitrogen and oxygen atoms in total. The molecule has 0 radical (unpaired) electrons. The number of benzene rings is 1. The summed E-state index contributed by atoms with van der Waals surface area (Å²) in [6.07, 6.45) is 2.07. The molecule has 112 valence electrons. The fourth-order valence-corrected chi connectivity index (χ4v) is 3.36. The molecule has 2 unspecified atom stereocenters. The van der Waals surface area contributed by atoms with Gasteiger partial charge < -0.3 is 15.2 Å². The van der Waals surface area contributed by atoms with E-state index in [1.165, 1.54) is 0 Å². The second kappa shape index (κ2) is 5.53. The van der Waals surface area contributed by atoms with Gasteiger partial charge in [-0.3, -0.25) is 4.79 Å². The van der Waals surface area contributed by atoms with Crippen LogP contribution in [0.2, 0.25) is 0 Å². The summed E-state index contributed by atoms with van der Waals surface area (Å²) in [5, 5.41) is 1.14. The van der Waals surface area contributed by atoms with Gasteiger partial charge in [-0.25, -0.2) is 0 Å². The summed E-state index contributed by atoms with van der Waals surface area (Å²) >= 11 is 0. The van der Waals surface area contributed by atoms with Gasteiger partial charge in [0.1, 0.15) is 0 Å². The van der Waals surface area contributed by atoms with Crippen LogP contribution < -0.4 is 16.2 Å². The Labute approximate surface area is 125 Å². The van der Waals surface area contributed by atoms with E-state index < -0.39 is 0 Å². The highest BCUT2D eigenvalue weighted by atomic mass is 16.1. The summed E-state index contributed by atoms with van der Waals surface area (Å²) in [5.41, 5.74) is 8.30. The van der Waals surface area contributed by atoms with Crippen molar-refractivity contribution in [2.75, 3.05) is 18.0 Å². The highest BCUT2D eigenvalue weighted by Crippen LogP contribution is 2.29. The van der Waals surface area contributed by atoms with E-state index in [-0.39, 0.29) is 11.6 Å². The fraction of sp³-hybridized carbons (Fsp3) is 0.471. The van der Waals surface area contributed by atoms with Gasteiger partial charge in [0.25, 0.3) is 5.56 Å². The molecule has 2 heterocycles. The zero-order valence-corrected chi connectivity index (χ0v) is 12.7. The maximum atomic E-state index is 12.2. The molecule has 1 fully saturated rings. The molecule has 21 heavy (non-hydrogen) atoms. The first-order valence-electron chi connectivity index (χ1n) is 7.71. The molecule has 1 aromatic heterocycles. The first-order chi connectivity index (χ1) is 10.1. The van der Waals surface area contributed by atoms with Gasteiger partial charge in [0.2, 0.25) is 0 Å². The second-order valence-corrected chi connectivity index (χ2v) is 6.01. The van der Waals surface area contributed by atoms with E-state index >= 15 is 0 Å². The number of anilines is 1. The number of hydrogen-bond acceptors (Lipinski definition) is 3. The summed E-state index contributed by atoms with van der Waals surface area (Å²) in [5.74, 6) is 0.501. The molecule has 1 saturated heterocycles. The summed E-state index contributed by atoms with van der Waals surface area (Å²) in [6.45, 7) is 4.06. The lowest BCUT2D eigenvalue weighted by atomic mass is 9.90. The van der Waals surface area contributed by atoms with Crippen LogP contribution in [0.15, 0.2) is 35.1 Å². The third kappa shape index (κ3) is 2.44. The van der Waals surface area contributed by atoms with E-state index in [1.54, 1.807) is 10.6 Å². The number of aromatic nitrogens is 1. The van der Waals surface area contributed by atoms with E-state index in [0.717, 1.165) is 42.5 Å². The Kier molecular flexibility index (Phi) is 3.72. The van der Waals surface area contributed by atoms with Crippen LogP contribution in [0.25, 0.3) is 10.9 Å². The monoisotopic (exact) mass is 285 g/mol. The van der Waals surface area contributed by atoms with Gasteiger partial charge in [-0.15, -0.1) is 0 Å². The lowest BCUT2D eigenvalue weighted by Crippen LogP contribution is -2.47. The minimum absolute atomic E-state index is 0.0478. The molecule has 3 rings (SSSR count). The van der Waals surface area contributed by atoms with Gasteiger partial charge in [-0.2, -0.15) is 0 Å². The molecule has 0 amide bonds. The predicted molar refractivity (Wildman–Crippen MR) is 87.8 cm³/mol. The Balaban J connectivity index is 2.09. The Bertz CT molecular complexity index is 707. The maximum absolute atomic E-state index is 12.2. The highest BCUT2D eigenvalue weighted by molar-refractivity contribution is 5.91. The van der Waals surface area contributed by atoms with E-state index in [1.807, 2.05) is 25.2 Å². The molecule has 2 N–H and O–H groups in total. The molecule has 4 heteroatoms. The number of para-hydroxylation sites is 1. The molecule has 2 aromatic rings. The molecular formula is C17H23N3O. The lowest BCUT2D eigenvalue weighted by molar-refractivity contribution is 0.348. The number of piperidine rings is 1. The van der Waals surface area contributed by atoms with Crippen molar-refractivity contribution in [2.45, 2.75) is 25.8 Å². The number of pyridine rings is 1. The van der Waals surface area contributed by atoms with Crippen molar-refractivity contribution < 1.29 is 0 Å². The van der Waals surface area contributed by atoms with Gasteiger partial charge in [0.15, 0.2) is 0 Å². The maximum Gasteiger partial charge on any atom is 0.252 e. The van der Waals surface area contributed by atoms with Crippen molar-refractivity contribution >= 4 is 16.6 Å². The normalized spacial score (nSPS) is 22.7. The smallest absolute Gasteiger partial charge is 0.252 e. The van der Waals surface area contributed by atoms with Crippen LogP contribution in [-0.2, 0) is 7.05 Å². The van der Waals surface area contributed by atoms with E-state index in [9.17, 15) is 4.79 Å². The Morgan fingerprint density at radius 3 is 2.86 bits per heavy atom. The van der Waals surface area contributed by atoms with Crippen molar-refractivity contribution in [3.8, 4) is 0 Å². The van der Waals surface area contributed by atoms with E-state index in [0.29, 0.717) is 5.92 Å². The fourth-order valence-electron chi connectivity index (χ4n) is 3.36. The number of hydrogen-bond donors (Lipinski definition) is 1. The summed E-state index contributed by atoms with van der Waals surface area (Å²) in [6, 6.07) is 10.2. The molecule has 1 aromatic carbocycles. The second-order valence-electron chi connectivity index (χ2n) is 6.01. The van der Waals surface area contributed by atoms with Crippen molar-refractivity contribution in [3.63, 3.8) is 0 Å². The standard InChI is InChI=1S/C17H23N3O/c1-3-12-11-20(9-8-14(12)18)16-10-17(21)19(2)15-7-5-4-6-13(15)16/h4-7,10,12,14H,3,8-9,11,18H2,1-2H3. The molecule has 1 aliphatic heterocycles. The molecular weight excluding hydrogens is 262 g/mol. The van der Waals surface area contributed by atoms with Crippen molar-refractivity contribution in [2.24, 2.45) is 18.7 Å². The minimum Gasteiger partial charge on any atom is -0.370 e. The quantitative estimate of drug-likeness (QED) is 0.919. The first-order valence-corrected chi connectivity index (χ1v) is 7.71. The molecule has 0 aliphatic carbocycles. The van der Waals surface area contributed by atoms with Gasteiger partial charge in [-0.1, -0.05) is 31.5 Å². The number of nitrogens with zero attached hydrogens (tertiary/aromatic N) is 2. The molecule has 0 saturated carbocycles. The average molecular weight is 285 g/mol. The van der Waals surface area contributed by atoms with Crippen LogP contribution in [0.5, 0.6) is 0 Å². The van der Waals surface area contributed by atoms with Crippen LogP contribution in [0.4, 0.5) is 5.69 Å².